The highest BCUT2D eigenvalue weighted by Gasteiger charge is 2.52. The molecule has 39 heavy (non-hydrogen) atoms. The summed E-state index contributed by atoms with van der Waals surface area (Å²) in [7, 11) is 0. The van der Waals surface area contributed by atoms with Crippen LogP contribution in [0.2, 0.25) is 0 Å². The van der Waals surface area contributed by atoms with Crippen LogP contribution in [0.5, 0.6) is 17.2 Å². The molecule has 4 aromatic rings. The van der Waals surface area contributed by atoms with Gasteiger partial charge in [0, 0.05) is 24.8 Å². The van der Waals surface area contributed by atoms with Crippen molar-refractivity contribution in [2.75, 3.05) is 13.2 Å². The molecule has 1 aliphatic rings. The van der Waals surface area contributed by atoms with Gasteiger partial charge in [-0.1, -0.05) is 6.07 Å². The van der Waals surface area contributed by atoms with Crippen molar-refractivity contribution < 1.29 is 33.0 Å². The van der Waals surface area contributed by atoms with E-state index in [4.69, 9.17) is 18.6 Å². The van der Waals surface area contributed by atoms with Crippen molar-refractivity contribution in [3.8, 4) is 40.1 Å². The van der Waals surface area contributed by atoms with Crippen LogP contribution in [0, 0.1) is 0 Å². The molecule has 0 atom stereocenters. The SMILES string of the molecule is CCOCCC1(Oc2ccc(Oc3ccc(-c4nc(-c5ccccn5)co4)cc3)cc2)C(=O)NC(=O)NC1=O. The van der Waals surface area contributed by atoms with Gasteiger partial charge in [-0.25, -0.2) is 9.78 Å². The van der Waals surface area contributed by atoms with Crippen molar-refractivity contribution in [2.24, 2.45) is 0 Å². The van der Waals surface area contributed by atoms with Crippen LogP contribution < -0.4 is 20.1 Å². The monoisotopic (exact) mass is 528 g/mol. The van der Waals surface area contributed by atoms with Gasteiger partial charge in [0.1, 0.15) is 29.2 Å². The number of hydrogen-bond donors (Lipinski definition) is 2. The molecule has 0 unspecified atom stereocenters. The summed E-state index contributed by atoms with van der Waals surface area (Å²) in [5.74, 6) is 0.0615. The van der Waals surface area contributed by atoms with Crippen molar-refractivity contribution >= 4 is 17.8 Å². The molecule has 0 spiro atoms. The first-order chi connectivity index (χ1) is 19.0. The van der Waals surface area contributed by atoms with Crippen LogP contribution in [0.25, 0.3) is 22.8 Å². The average Bonchev–Trinajstić information content (AvgIpc) is 3.44. The van der Waals surface area contributed by atoms with Gasteiger partial charge in [-0.2, -0.15) is 0 Å². The lowest BCUT2D eigenvalue weighted by atomic mass is 9.95. The molecule has 4 amide bonds. The second-order valence-corrected chi connectivity index (χ2v) is 8.46. The molecular formula is C28H24N4O7. The number of urea groups is 1. The largest absolute Gasteiger partial charge is 0.467 e. The predicted octanol–water partition coefficient (Wildman–Crippen LogP) is 4.11. The number of barbiturate groups is 1. The molecule has 0 aliphatic carbocycles. The van der Waals surface area contributed by atoms with Crippen LogP contribution in [0.15, 0.2) is 83.6 Å². The fourth-order valence-electron chi connectivity index (χ4n) is 3.89. The molecule has 0 bridgehead atoms. The molecule has 5 rings (SSSR count). The molecule has 11 heteroatoms. The van der Waals surface area contributed by atoms with E-state index in [-0.39, 0.29) is 18.8 Å². The van der Waals surface area contributed by atoms with Crippen molar-refractivity contribution in [3.63, 3.8) is 0 Å². The Morgan fingerprint density at radius 2 is 1.51 bits per heavy atom. The summed E-state index contributed by atoms with van der Waals surface area (Å²) in [5.41, 5.74) is 0.187. The summed E-state index contributed by atoms with van der Waals surface area (Å²) in [6, 6.07) is 18.3. The van der Waals surface area contributed by atoms with E-state index < -0.39 is 23.4 Å². The highest BCUT2D eigenvalue weighted by Crippen LogP contribution is 2.30. The number of pyridine rings is 1. The predicted molar refractivity (Wildman–Crippen MR) is 138 cm³/mol. The summed E-state index contributed by atoms with van der Waals surface area (Å²) in [4.78, 5) is 45.6. The van der Waals surface area contributed by atoms with Crippen LogP contribution >= 0.6 is 0 Å². The molecule has 1 saturated heterocycles. The van der Waals surface area contributed by atoms with Gasteiger partial charge in [-0.05, 0) is 67.6 Å². The van der Waals surface area contributed by atoms with Crippen LogP contribution in [-0.2, 0) is 14.3 Å². The van der Waals surface area contributed by atoms with E-state index >= 15 is 0 Å². The first kappa shape index (κ1) is 25.6. The number of hydrogen-bond acceptors (Lipinski definition) is 9. The summed E-state index contributed by atoms with van der Waals surface area (Å²) in [6.45, 7) is 2.27. The van der Waals surface area contributed by atoms with E-state index in [2.05, 4.69) is 20.6 Å². The van der Waals surface area contributed by atoms with E-state index in [1.54, 1.807) is 55.8 Å². The summed E-state index contributed by atoms with van der Waals surface area (Å²) in [6.07, 6.45) is 3.18. The van der Waals surface area contributed by atoms with Gasteiger partial charge >= 0.3 is 6.03 Å². The van der Waals surface area contributed by atoms with Crippen LogP contribution in [-0.4, -0.2) is 46.6 Å². The number of oxazole rings is 1. The van der Waals surface area contributed by atoms with E-state index in [1.165, 1.54) is 0 Å². The molecular weight excluding hydrogens is 504 g/mol. The number of nitrogens with zero attached hydrogens (tertiary/aromatic N) is 2. The second kappa shape index (κ2) is 11.2. The maximum atomic E-state index is 12.6. The van der Waals surface area contributed by atoms with Crippen LogP contribution in [0.4, 0.5) is 4.79 Å². The number of amides is 4. The molecule has 0 saturated carbocycles. The minimum absolute atomic E-state index is 0.0791. The quantitative estimate of drug-likeness (QED) is 0.230. The molecule has 2 N–H and O–H groups in total. The number of benzene rings is 2. The Bertz CT molecular complexity index is 1450. The number of carbonyl (C=O) groups is 3. The Balaban J connectivity index is 1.25. The molecule has 0 radical (unpaired) electrons. The Morgan fingerprint density at radius 3 is 2.15 bits per heavy atom. The van der Waals surface area contributed by atoms with Gasteiger partial charge in [0.25, 0.3) is 17.4 Å². The van der Waals surface area contributed by atoms with Crippen molar-refractivity contribution in [1.82, 2.24) is 20.6 Å². The molecule has 2 aromatic heterocycles. The van der Waals surface area contributed by atoms with Gasteiger partial charge in [0.2, 0.25) is 5.89 Å². The van der Waals surface area contributed by atoms with E-state index in [0.717, 1.165) is 11.3 Å². The van der Waals surface area contributed by atoms with Gasteiger partial charge in [-0.15, -0.1) is 0 Å². The van der Waals surface area contributed by atoms with E-state index in [9.17, 15) is 14.4 Å². The summed E-state index contributed by atoms with van der Waals surface area (Å²) in [5, 5.41) is 4.18. The zero-order valence-corrected chi connectivity index (χ0v) is 20.9. The fraction of sp³-hybridized carbons (Fsp3) is 0.179. The van der Waals surface area contributed by atoms with Crippen molar-refractivity contribution in [1.29, 1.82) is 0 Å². The van der Waals surface area contributed by atoms with Crippen molar-refractivity contribution in [2.45, 2.75) is 18.9 Å². The lowest BCUT2D eigenvalue weighted by Gasteiger charge is -2.34. The smallest absolute Gasteiger partial charge is 0.328 e. The van der Waals surface area contributed by atoms with Gasteiger partial charge < -0.3 is 18.6 Å². The molecule has 1 fully saturated rings. The Kier molecular flexibility index (Phi) is 7.32. The normalized spacial score (nSPS) is 14.4. The minimum Gasteiger partial charge on any atom is -0.467 e. The van der Waals surface area contributed by atoms with Gasteiger partial charge in [0.05, 0.1) is 12.3 Å². The third-order valence-electron chi connectivity index (χ3n) is 5.87. The van der Waals surface area contributed by atoms with Crippen LogP contribution in [0.1, 0.15) is 13.3 Å². The standard InChI is InChI=1S/C28H24N4O7/c1-2-36-16-14-28(25(33)31-27(35)32-26(28)34)39-21-12-10-20(11-13-21)38-19-8-6-18(7-9-19)24-30-23(17-37-24)22-5-3-4-15-29-22/h3-13,15,17H,2,14,16H2,1H3,(H2,31,32,33,34,35). The van der Waals surface area contributed by atoms with E-state index in [0.29, 0.717) is 29.7 Å². The summed E-state index contributed by atoms with van der Waals surface area (Å²) < 4.78 is 22.7. The topological polar surface area (TPSA) is 142 Å². The minimum atomic E-state index is -1.95. The maximum Gasteiger partial charge on any atom is 0.328 e. The number of carbonyl (C=O) groups excluding carboxylic acids is 3. The first-order valence-corrected chi connectivity index (χ1v) is 12.2. The Labute approximate surface area is 223 Å². The molecule has 2 aromatic carbocycles. The number of nitrogens with one attached hydrogen (secondary N) is 2. The number of rotatable bonds is 10. The third kappa shape index (κ3) is 5.63. The first-order valence-electron chi connectivity index (χ1n) is 12.2. The Morgan fingerprint density at radius 1 is 0.846 bits per heavy atom. The van der Waals surface area contributed by atoms with Crippen molar-refractivity contribution in [3.05, 3.63) is 79.2 Å². The Hall–Kier alpha value is -5.03. The lowest BCUT2D eigenvalue weighted by Crippen LogP contribution is -2.69. The number of ether oxygens (including phenoxy) is 3. The lowest BCUT2D eigenvalue weighted by molar-refractivity contribution is -0.153. The van der Waals surface area contributed by atoms with Gasteiger partial charge in [-0.3, -0.25) is 25.2 Å². The van der Waals surface area contributed by atoms with Crippen LogP contribution in [0.3, 0.4) is 0 Å². The zero-order chi connectivity index (χ0) is 27.2. The van der Waals surface area contributed by atoms with E-state index in [1.807, 2.05) is 30.3 Å². The molecule has 198 valence electrons. The highest BCUT2D eigenvalue weighted by atomic mass is 16.5. The average molecular weight is 529 g/mol. The maximum absolute atomic E-state index is 12.6. The number of imide groups is 2. The van der Waals surface area contributed by atoms with Gasteiger partial charge in [0.15, 0.2) is 0 Å². The number of aromatic nitrogens is 2. The molecule has 3 heterocycles. The highest BCUT2D eigenvalue weighted by molar-refractivity contribution is 6.21. The molecule has 11 nitrogen and oxygen atoms in total. The fourth-order valence-corrected chi connectivity index (χ4v) is 3.89. The zero-order valence-electron chi connectivity index (χ0n) is 20.9. The second-order valence-electron chi connectivity index (χ2n) is 8.46. The third-order valence-corrected chi connectivity index (χ3v) is 5.87. The summed E-state index contributed by atoms with van der Waals surface area (Å²) >= 11 is 0. The molecule has 1 aliphatic heterocycles.